The number of carbonyl (C=O) groups is 2. The van der Waals surface area contributed by atoms with Gasteiger partial charge in [-0.15, -0.1) is 0 Å². The van der Waals surface area contributed by atoms with Crippen LogP contribution in [0.3, 0.4) is 0 Å². The molecule has 0 bridgehead atoms. The zero-order valence-corrected chi connectivity index (χ0v) is 20.4. The second-order valence-electron chi connectivity index (χ2n) is 7.73. The van der Waals surface area contributed by atoms with Gasteiger partial charge < -0.3 is 24.8 Å². The van der Waals surface area contributed by atoms with Crippen LogP contribution in [0.25, 0.3) is 4.72 Å². The van der Waals surface area contributed by atoms with E-state index in [4.69, 9.17) is 9.47 Å². The fourth-order valence-electron chi connectivity index (χ4n) is 2.40. The Hall–Kier alpha value is -1.50. The Kier molecular flexibility index (Phi) is 8.81. The summed E-state index contributed by atoms with van der Waals surface area (Å²) in [4.78, 5) is 23.1. The predicted molar refractivity (Wildman–Crippen MR) is 99.7 cm³/mol. The molecule has 1 aliphatic rings. The minimum absolute atomic E-state index is 0. The van der Waals surface area contributed by atoms with Crippen molar-refractivity contribution in [1.82, 2.24) is 20.4 Å². The van der Waals surface area contributed by atoms with Crippen LogP contribution in [-0.4, -0.2) is 55.1 Å². The smallest absolute Gasteiger partial charge is 0.476 e. The van der Waals surface area contributed by atoms with Crippen molar-refractivity contribution in [2.75, 3.05) is 13.2 Å². The second-order valence-corrected chi connectivity index (χ2v) is 9.30. The Morgan fingerprint density at radius 1 is 1.41 bits per heavy atom. The van der Waals surface area contributed by atoms with Crippen molar-refractivity contribution in [1.29, 1.82) is 0 Å². The van der Waals surface area contributed by atoms with Crippen LogP contribution in [0.2, 0.25) is 0 Å². The van der Waals surface area contributed by atoms with E-state index in [-0.39, 0.29) is 65.4 Å². The summed E-state index contributed by atoms with van der Waals surface area (Å²) in [5, 5.41) is 9.04. The number of ether oxygens (including phenoxy) is 2. The molecule has 0 aliphatic carbocycles. The zero-order valence-electron chi connectivity index (χ0n) is 17.6. The first-order chi connectivity index (χ1) is 12.9. The molecule has 3 amide bonds. The molecule has 0 radical (unpaired) electrons. The molecule has 2 heterocycles. The van der Waals surface area contributed by atoms with Crippen LogP contribution >= 0.6 is 0 Å². The summed E-state index contributed by atoms with van der Waals surface area (Å²) in [5.74, 6) is -0.105. The molecule has 1 aromatic heterocycles. The standard InChI is InChI=1S/C16H27N5O6S.Na/c1-10(2)19-14(22)20-28(24,25)12-7-18-21-8-11(9-26-13(12)21)6-17-15(23)27-16(3,4)5;/h7,10-11H,6,8-9H2,1-5H3,(H3,17,19,20,22,23);/q;+1/p-1. The van der Waals surface area contributed by atoms with Gasteiger partial charge in [0.05, 0.1) is 19.3 Å². The van der Waals surface area contributed by atoms with E-state index in [0.29, 0.717) is 6.54 Å². The normalized spacial score (nSPS) is 16.1. The third kappa shape index (κ3) is 7.68. The fraction of sp³-hybridized carbons (Fsp3) is 0.688. The molecule has 0 spiro atoms. The first kappa shape index (κ1) is 25.5. The van der Waals surface area contributed by atoms with Crippen LogP contribution < -0.4 is 44.9 Å². The van der Waals surface area contributed by atoms with Gasteiger partial charge in [0.25, 0.3) is 0 Å². The number of alkyl carbamates (subject to hydrolysis) is 1. The van der Waals surface area contributed by atoms with Crippen LogP contribution in [0.15, 0.2) is 11.1 Å². The molecule has 0 saturated carbocycles. The number of fused-ring (bicyclic) bond motifs is 1. The Labute approximate surface area is 192 Å². The first-order valence-corrected chi connectivity index (χ1v) is 10.3. The molecule has 29 heavy (non-hydrogen) atoms. The summed E-state index contributed by atoms with van der Waals surface area (Å²) in [7, 11) is -4.25. The summed E-state index contributed by atoms with van der Waals surface area (Å²) >= 11 is 0. The van der Waals surface area contributed by atoms with E-state index in [2.05, 4.69) is 20.5 Å². The van der Waals surface area contributed by atoms with Gasteiger partial charge in [-0.05, 0) is 26.8 Å². The fourth-order valence-corrected chi connectivity index (χ4v) is 3.34. The second kappa shape index (κ2) is 10.0. The average Bonchev–Trinajstić information content (AvgIpc) is 2.93. The SMILES string of the molecule is CC(C)NC(=O)[N-]S(=O)(=O)c1cnn2c1OCC(CNC(=O)OC(C)(C)C)C2.[Na+]. The van der Waals surface area contributed by atoms with Gasteiger partial charge in [-0.25, -0.2) is 17.9 Å². The minimum Gasteiger partial charge on any atom is -0.476 e. The number of sulfonamides is 1. The Balaban J connectivity index is 0.00000420. The molecule has 0 fully saturated rings. The number of aromatic nitrogens is 2. The third-order valence-electron chi connectivity index (χ3n) is 3.47. The van der Waals surface area contributed by atoms with E-state index >= 15 is 0 Å². The van der Waals surface area contributed by atoms with E-state index < -0.39 is 27.7 Å². The first-order valence-electron chi connectivity index (χ1n) is 8.81. The zero-order chi connectivity index (χ0) is 21.1. The van der Waals surface area contributed by atoms with E-state index in [9.17, 15) is 18.0 Å². The topological polar surface area (TPSA) is 143 Å². The molecule has 1 unspecified atom stereocenters. The number of hydrogen-bond donors (Lipinski definition) is 2. The van der Waals surface area contributed by atoms with Crippen LogP contribution in [-0.2, 0) is 21.3 Å². The predicted octanol–water partition coefficient (Wildman–Crippen LogP) is -1.40. The van der Waals surface area contributed by atoms with Gasteiger partial charge in [-0.1, -0.05) is 13.8 Å². The van der Waals surface area contributed by atoms with Gasteiger partial charge >= 0.3 is 35.7 Å². The summed E-state index contributed by atoms with van der Waals surface area (Å²) in [6.45, 7) is 9.45. The van der Waals surface area contributed by atoms with E-state index in [1.54, 1.807) is 34.6 Å². The Morgan fingerprint density at radius 2 is 2.07 bits per heavy atom. The molecular formula is C16H26N5NaO6S. The van der Waals surface area contributed by atoms with Gasteiger partial charge in [0, 0.05) is 12.5 Å². The molecule has 13 heteroatoms. The van der Waals surface area contributed by atoms with Crippen molar-refractivity contribution in [3.63, 3.8) is 0 Å². The van der Waals surface area contributed by atoms with Crippen LogP contribution in [0.1, 0.15) is 34.6 Å². The number of rotatable bonds is 5. The van der Waals surface area contributed by atoms with E-state index in [1.807, 2.05) is 0 Å². The largest absolute Gasteiger partial charge is 1.00 e. The molecular weight excluding hydrogens is 413 g/mol. The average molecular weight is 439 g/mol. The van der Waals surface area contributed by atoms with Crippen LogP contribution in [0, 0.1) is 5.92 Å². The van der Waals surface area contributed by atoms with Crippen molar-refractivity contribution in [2.24, 2.45) is 5.92 Å². The molecule has 2 rings (SSSR count). The van der Waals surface area contributed by atoms with Crippen LogP contribution in [0.5, 0.6) is 5.88 Å². The summed E-state index contributed by atoms with van der Waals surface area (Å²) < 4.78 is 40.0. The van der Waals surface area contributed by atoms with Crippen molar-refractivity contribution in [2.45, 2.75) is 57.7 Å². The number of nitrogens with one attached hydrogen (secondary N) is 2. The number of hydrogen-bond acceptors (Lipinski definition) is 7. The quantitative estimate of drug-likeness (QED) is 0.537. The molecule has 0 saturated heterocycles. The Bertz CT molecular complexity index is 833. The number of amides is 3. The summed E-state index contributed by atoms with van der Waals surface area (Å²) in [6, 6.07) is -1.20. The van der Waals surface area contributed by atoms with Crippen molar-refractivity contribution in [3.8, 4) is 5.88 Å². The van der Waals surface area contributed by atoms with Gasteiger partial charge in [-0.3, -0.25) is 4.79 Å². The van der Waals surface area contributed by atoms with E-state index in [1.165, 1.54) is 4.68 Å². The molecule has 1 atom stereocenters. The maximum atomic E-state index is 12.4. The third-order valence-corrected chi connectivity index (χ3v) is 4.72. The monoisotopic (exact) mass is 439 g/mol. The van der Waals surface area contributed by atoms with Crippen molar-refractivity contribution >= 4 is 22.1 Å². The summed E-state index contributed by atoms with van der Waals surface area (Å²) in [5.41, 5.74) is -0.600. The molecule has 1 aliphatic heterocycles. The molecule has 0 aromatic carbocycles. The molecule has 11 nitrogen and oxygen atoms in total. The van der Waals surface area contributed by atoms with E-state index in [0.717, 1.165) is 6.20 Å². The molecule has 158 valence electrons. The summed E-state index contributed by atoms with van der Waals surface area (Å²) in [6.07, 6.45) is 0.553. The number of carbonyl (C=O) groups excluding carboxylic acids is 2. The van der Waals surface area contributed by atoms with Crippen LogP contribution in [0.4, 0.5) is 9.59 Å². The maximum Gasteiger partial charge on any atom is 1.00 e. The molecule has 2 N–H and O–H groups in total. The number of urea groups is 1. The molecule has 1 aromatic rings. The Morgan fingerprint density at radius 3 is 2.66 bits per heavy atom. The van der Waals surface area contributed by atoms with Gasteiger partial charge in [-0.2, -0.15) is 5.10 Å². The van der Waals surface area contributed by atoms with Crippen molar-refractivity contribution < 1.29 is 57.0 Å². The number of nitrogens with zero attached hydrogens (tertiary/aromatic N) is 3. The van der Waals surface area contributed by atoms with Gasteiger partial charge in [0.2, 0.25) is 15.9 Å². The maximum absolute atomic E-state index is 12.4. The van der Waals surface area contributed by atoms with Crippen molar-refractivity contribution in [3.05, 3.63) is 10.9 Å². The van der Waals surface area contributed by atoms with Gasteiger partial charge in [0.1, 0.15) is 5.60 Å². The van der Waals surface area contributed by atoms with Gasteiger partial charge in [0.15, 0.2) is 10.9 Å². The minimum atomic E-state index is -4.25.